The summed E-state index contributed by atoms with van der Waals surface area (Å²) in [6.45, 7) is 3.23. The first-order valence-electron chi connectivity index (χ1n) is 10.3. The van der Waals surface area contributed by atoms with E-state index < -0.39 is 9.84 Å². The zero-order valence-corrected chi connectivity index (χ0v) is 18.8. The zero-order valence-electron chi connectivity index (χ0n) is 17.9. The lowest BCUT2D eigenvalue weighted by Gasteiger charge is -2.18. The van der Waals surface area contributed by atoms with Gasteiger partial charge in [0.1, 0.15) is 5.75 Å². The minimum absolute atomic E-state index is 0.317. The molecule has 0 saturated heterocycles. The second-order valence-electron chi connectivity index (χ2n) is 7.83. The molecule has 0 aliphatic heterocycles. The van der Waals surface area contributed by atoms with Crippen LogP contribution in [0.4, 0.5) is 0 Å². The van der Waals surface area contributed by atoms with Crippen LogP contribution in [0.5, 0.6) is 5.75 Å². The molecule has 3 rings (SSSR count). The summed E-state index contributed by atoms with van der Waals surface area (Å²) in [5.74, 6) is 1.62. The number of hydrogen-bond acceptors (Lipinski definition) is 4. The molecule has 2 N–H and O–H groups in total. The topological polar surface area (TPSA) is 79.8 Å². The Labute approximate surface area is 179 Å². The van der Waals surface area contributed by atoms with Crippen LogP contribution in [0.1, 0.15) is 42.4 Å². The number of aliphatic imine (C=N–C) groups is 1. The molecule has 30 heavy (non-hydrogen) atoms. The van der Waals surface area contributed by atoms with E-state index in [2.05, 4.69) is 40.7 Å². The lowest BCUT2D eigenvalue weighted by molar-refractivity contribution is 0.207. The zero-order chi connectivity index (χ0) is 21.6. The molecule has 2 aromatic rings. The van der Waals surface area contributed by atoms with Crippen LogP contribution in [0.15, 0.2) is 52.4 Å². The van der Waals surface area contributed by atoms with Crippen molar-refractivity contribution >= 4 is 15.8 Å². The highest BCUT2D eigenvalue weighted by atomic mass is 32.2. The maximum atomic E-state index is 11.6. The van der Waals surface area contributed by atoms with Crippen molar-refractivity contribution in [3.8, 4) is 5.75 Å². The lowest BCUT2D eigenvalue weighted by atomic mass is 10.1. The van der Waals surface area contributed by atoms with E-state index in [9.17, 15) is 8.42 Å². The summed E-state index contributed by atoms with van der Waals surface area (Å²) in [5.41, 5.74) is 3.27. The molecule has 0 spiro atoms. The summed E-state index contributed by atoms with van der Waals surface area (Å²) in [6, 6.07) is 13.2. The van der Waals surface area contributed by atoms with Gasteiger partial charge in [0.2, 0.25) is 0 Å². The smallest absolute Gasteiger partial charge is 0.191 e. The Hall–Kier alpha value is -2.54. The van der Waals surface area contributed by atoms with Crippen LogP contribution >= 0.6 is 0 Å². The van der Waals surface area contributed by atoms with Gasteiger partial charge in [0.15, 0.2) is 15.8 Å². The molecule has 0 heterocycles. The number of ether oxygens (including phenoxy) is 1. The molecule has 0 unspecified atom stereocenters. The molecule has 0 atom stereocenters. The summed E-state index contributed by atoms with van der Waals surface area (Å²) in [5, 5.41) is 6.61. The average molecular weight is 430 g/mol. The van der Waals surface area contributed by atoms with Crippen molar-refractivity contribution in [3.05, 3.63) is 59.2 Å². The standard InChI is InChI=1S/C23H31N3O3S/c1-17-8-11-19(22(14-17)29-20-6-4-5-7-20)16-26-23(24-2)25-15-18-9-12-21(13-10-18)30(3,27)28/h8-14,20H,4-7,15-16H2,1-3H3,(H2,24,25,26). The van der Waals surface area contributed by atoms with Crippen molar-refractivity contribution in [2.24, 2.45) is 4.99 Å². The molecule has 1 aliphatic carbocycles. The van der Waals surface area contributed by atoms with Crippen LogP contribution in [0.3, 0.4) is 0 Å². The highest BCUT2D eigenvalue weighted by Gasteiger charge is 2.18. The molecule has 0 bridgehead atoms. The van der Waals surface area contributed by atoms with Crippen LogP contribution in [0, 0.1) is 6.92 Å². The lowest BCUT2D eigenvalue weighted by Crippen LogP contribution is -2.36. The Morgan fingerprint density at radius 1 is 1.07 bits per heavy atom. The molecule has 0 aromatic heterocycles. The molecular weight excluding hydrogens is 398 g/mol. The van der Waals surface area contributed by atoms with Gasteiger partial charge in [-0.1, -0.05) is 24.3 Å². The van der Waals surface area contributed by atoms with Gasteiger partial charge in [-0.15, -0.1) is 0 Å². The van der Waals surface area contributed by atoms with Crippen LogP contribution in [0.2, 0.25) is 0 Å². The highest BCUT2D eigenvalue weighted by molar-refractivity contribution is 7.90. The third-order valence-corrected chi connectivity index (χ3v) is 6.43. The normalized spacial score (nSPS) is 15.2. The monoisotopic (exact) mass is 429 g/mol. The third-order valence-electron chi connectivity index (χ3n) is 5.30. The van der Waals surface area contributed by atoms with Gasteiger partial charge >= 0.3 is 0 Å². The van der Waals surface area contributed by atoms with Crippen LogP contribution in [0.25, 0.3) is 0 Å². The fourth-order valence-electron chi connectivity index (χ4n) is 3.54. The van der Waals surface area contributed by atoms with Gasteiger partial charge in [0, 0.05) is 32.0 Å². The van der Waals surface area contributed by atoms with Gasteiger partial charge in [0.05, 0.1) is 11.0 Å². The van der Waals surface area contributed by atoms with Crippen molar-refractivity contribution in [2.45, 2.75) is 56.7 Å². The van der Waals surface area contributed by atoms with Crippen molar-refractivity contribution in [1.29, 1.82) is 0 Å². The molecule has 2 aromatic carbocycles. The molecule has 1 aliphatic rings. The number of hydrogen-bond donors (Lipinski definition) is 2. The number of nitrogens with zero attached hydrogens (tertiary/aromatic N) is 1. The number of aryl methyl sites for hydroxylation is 1. The van der Waals surface area contributed by atoms with Gasteiger partial charge in [-0.2, -0.15) is 0 Å². The van der Waals surface area contributed by atoms with Gasteiger partial charge < -0.3 is 15.4 Å². The molecule has 6 nitrogen and oxygen atoms in total. The van der Waals surface area contributed by atoms with E-state index in [-0.39, 0.29) is 0 Å². The van der Waals surface area contributed by atoms with Crippen molar-refractivity contribution < 1.29 is 13.2 Å². The maximum Gasteiger partial charge on any atom is 0.191 e. The van der Waals surface area contributed by atoms with Crippen LogP contribution < -0.4 is 15.4 Å². The SMILES string of the molecule is CN=C(NCc1ccc(S(C)(=O)=O)cc1)NCc1ccc(C)cc1OC1CCCC1. The Balaban J connectivity index is 1.57. The van der Waals surface area contributed by atoms with Gasteiger partial charge in [-0.3, -0.25) is 4.99 Å². The second kappa shape index (κ2) is 9.98. The van der Waals surface area contributed by atoms with E-state index in [1.54, 1.807) is 19.2 Å². The quantitative estimate of drug-likeness (QED) is 0.519. The predicted molar refractivity (Wildman–Crippen MR) is 121 cm³/mol. The van der Waals surface area contributed by atoms with E-state index >= 15 is 0 Å². The Morgan fingerprint density at radius 2 is 1.73 bits per heavy atom. The van der Waals surface area contributed by atoms with E-state index in [1.807, 2.05) is 12.1 Å². The van der Waals surface area contributed by atoms with Crippen LogP contribution in [-0.2, 0) is 22.9 Å². The molecule has 162 valence electrons. The number of nitrogens with one attached hydrogen (secondary N) is 2. The molecule has 0 amide bonds. The van der Waals surface area contributed by atoms with E-state index in [0.717, 1.165) is 29.7 Å². The summed E-state index contributed by atoms with van der Waals surface area (Å²) < 4.78 is 29.4. The summed E-state index contributed by atoms with van der Waals surface area (Å²) in [6.07, 6.45) is 6.27. The fraction of sp³-hybridized carbons (Fsp3) is 0.435. The summed E-state index contributed by atoms with van der Waals surface area (Å²) in [4.78, 5) is 4.61. The first-order chi connectivity index (χ1) is 14.3. The molecular formula is C23H31N3O3S. The Kier molecular flexibility index (Phi) is 7.37. The maximum absolute atomic E-state index is 11.6. The molecule has 1 fully saturated rings. The minimum Gasteiger partial charge on any atom is -0.490 e. The van der Waals surface area contributed by atoms with Crippen molar-refractivity contribution in [3.63, 3.8) is 0 Å². The molecule has 1 saturated carbocycles. The third kappa shape index (κ3) is 6.23. The first-order valence-corrected chi connectivity index (χ1v) is 12.2. The van der Waals surface area contributed by atoms with Crippen LogP contribution in [-0.4, -0.2) is 33.8 Å². The minimum atomic E-state index is -3.18. The van der Waals surface area contributed by atoms with E-state index in [1.165, 1.54) is 24.7 Å². The number of guanidine groups is 1. The highest BCUT2D eigenvalue weighted by Crippen LogP contribution is 2.27. The Morgan fingerprint density at radius 3 is 2.37 bits per heavy atom. The predicted octanol–water partition coefficient (Wildman–Crippen LogP) is 3.59. The average Bonchev–Trinajstić information content (AvgIpc) is 3.22. The summed E-state index contributed by atoms with van der Waals surface area (Å²) in [7, 11) is -1.45. The number of rotatable bonds is 7. The van der Waals surface area contributed by atoms with E-state index in [4.69, 9.17) is 4.74 Å². The molecule has 0 radical (unpaired) electrons. The van der Waals surface area contributed by atoms with E-state index in [0.29, 0.717) is 30.0 Å². The number of benzene rings is 2. The fourth-order valence-corrected chi connectivity index (χ4v) is 4.17. The first kappa shape index (κ1) is 22.2. The summed E-state index contributed by atoms with van der Waals surface area (Å²) >= 11 is 0. The van der Waals surface area contributed by atoms with Crippen molar-refractivity contribution in [1.82, 2.24) is 10.6 Å². The van der Waals surface area contributed by atoms with Gasteiger partial charge in [-0.25, -0.2) is 8.42 Å². The van der Waals surface area contributed by atoms with Gasteiger partial charge in [0.25, 0.3) is 0 Å². The number of sulfone groups is 1. The molecule has 7 heteroatoms. The largest absolute Gasteiger partial charge is 0.490 e. The Bertz CT molecular complexity index is 979. The second-order valence-corrected chi connectivity index (χ2v) is 9.85. The van der Waals surface area contributed by atoms with Crippen molar-refractivity contribution in [2.75, 3.05) is 13.3 Å². The van der Waals surface area contributed by atoms with Gasteiger partial charge in [-0.05, 0) is 61.9 Å².